The van der Waals surface area contributed by atoms with E-state index in [9.17, 15) is 0 Å². The molecule has 0 aromatic carbocycles. The van der Waals surface area contributed by atoms with E-state index in [1.807, 2.05) is 29.7 Å². The molecule has 0 radical (unpaired) electrons. The number of hydrogen-bond acceptors (Lipinski definition) is 4. The number of aromatic nitrogens is 2. The third-order valence-electron chi connectivity index (χ3n) is 2.83. The van der Waals surface area contributed by atoms with E-state index in [0.29, 0.717) is 11.3 Å². The van der Waals surface area contributed by atoms with E-state index >= 15 is 0 Å². The summed E-state index contributed by atoms with van der Waals surface area (Å²) >= 11 is 2.02. The zero-order valence-electron chi connectivity index (χ0n) is 9.02. The normalized spacial score (nSPS) is 23.2. The van der Waals surface area contributed by atoms with E-state index < -0.39 is 0 Å². The number of hydrazine groups is 1. The molecular weight excluding hydrogens is 208 g/mol. The summed E-state index contributed by atoms with van der Waals surface area (Å²) in [6.45, 7) is 0. The van der Waals surface area contributed by atoms with E-state index in [1.54, 1.807) is 0 Å². The highest BCUT2D eigenvalue weighted by atomic mass is 32.2. The fourth-order valence-corrected chi connectivity index (χ4v) is 3.39. The van der Waals surface area contributed by atoms with Crippen molar-refractivity contribution in [2.45, 2.75) is 30.6 Å². The molecule has 5 heteroatoms. The van der Waals surface area contributed by atoms with Crippen LogP contribution in [0.25, 0.3) is 0 Å². The molecule has 1 aliphatic rings. The van der Waals surface area contributed by atoms with E-state index in [4.69, 9.17) is 5.84 Å². The van der Waals surface area contributed by atoms with Gasteiger partial charge in [0.25, 0.3) is 0 Å². The molecule has 1 fully saturated rings. The molecule has 15 heavy (non-hydrogen) atoms. The average Bonchev–Trinajstić information content (AvgIpc) is 2.85. The van der Waals surface area contributed by atoms with Crippen LogP contribution in [-0.4, -0.2) is 26.8 Å². The maximum absolute atomic E-state index is 5.61. The van der Waals surface area contributed by atoms with Crippen LogP contribution in [0, 0.1) is 0 Å². The van der Waals surface area contributed by atoms with Crippen LogP contribution in [0.5, 0.6) is 0 Å². The quantitative estimate of drug-likeness (QED) is 0.586. The number of nitrogens with one attached hydrogen (secondary N) is 1. The molecule has 4 nitrogen and oxygen atoms in total. The lowest BCUT2D eigenvalue weighted by Crippen LogP contribution is -2.43. The van der Waals surface area contributed by atoms with Crippen LogP contribution in [0.3, 0.4) is 0 Å². The van der Waals surface area contributed by atoms with Crippen molar-refractivity contribution in [1.29, 1.82) is 0 Å². The molecule has 1 aromatic heterocycles. The van der Waals surface area contributed by atoms with Crippen LogP contribution in [0.1, 0.15) is 18.5 Å². The van der Waals surface area contributed by atoms with Crippen molar-refractivity contribution in [3.63, 3.8) is 0 Å². The number of nitrogens with zero attached hydrogens (tertiary/aromatic N) is 2. The number of aryl methyl sites for hydroxylation is 1. The summed E-state index contributed by atoms with van der Waals surface area (Å²) < 4.78 is 1.84. The topological polar surface area (TPSA) is 55.9 Å². The summed E-state index contributed by atoms with van der Waals surface area (Å²) in [6.07, 6.45) is 5.49. The third kappa shape index (κ3) is 2.74. The predicted octanol–water partition coefficient (Wildman–Crippen LogP) is 0.690. The van der Waals surface area contributed by atoms with E-state index in [0.717, 1.165) is 12.1 Å². The lowest BCUT2D eigenvalue weighted by molar-refractivity contribution is 0.489. The van der Waals surface area contributed by atoms with Gasteiger partial charge < -0.3 is 0 Å². The number of rotatable bonds is 4. The van der Waals surface area contributed by atoms with Gasteiger partial charge >= 0.3 is 0 Å². The van der Waals surface area contributed by atoms with Gasteiger partial charge in [-0.25, -0.2) is 0 Å². The Morgan fingerprint density at radius 3 is 3.20 bits per heavy atom. The molecule has 0 amide bonds. The molecule has 1 saturated heterocycles. The molecule has 1 aliphatic heterocycles. The fraction of sp³-hybridized carbons (Fsp3) is 0.700. The predicted molar refractivity (Wildman–Crippen MR) is 63.5 cm³/mol. The highest BCUT2D eigenvalue weighted by Crippen LogP contribution is 2.29. The van der Waals surface area contributed by atoms with E-state index in [-0.39, 0.29) is 0 Å². The van der Waals surface area contributed by atoms with Gasteiger partial charge in [0.15, 0.2) is 0 Å². The molecule has 2 atom stereocenters. The minimum Gasteiger partial charge on any atom is -0.276 e. The van der Waals surface area contributed by atoms with E-state index in [1.165, 1.54) is 18.6 Å². The highest BCUT2D eigenvalue weighted by molar-refractivity contribution is 8.00. The van der Waals surface area contributed by atoms with Crippen molar-refractivity contribution < 1.29 is 0 Å². The molecule has 3 N–H and O–H groups in total. The number of nitrogens with two attached hydrogens (primary N) is 1. The monoisotopic (exact) mass is 226 g/mol. The Hall–Kier alpha value is -0.520. The van der Waals surface area contributed by atoms with Gasteiger partial charge in [-0.3, -0.25) is 16.0 Å². The van der Waals surface area contributed by atoms with Crippen LogP contribution in [0.4, 0.5) is 0 Å². The Labute approximate surface area is 94.6 Å². The third-order valence-corrected chi connectivity index (χ3v) is 4.34. The zero-order valence-corrected chi connectivity index (χ0v) is 9.83. The summed E-state index contributed by atoms with van der Waals surface area (Å²) in [5.41, 5.74) is 4.05. The number of hydrogen-bond donors (Lipinski definition) is 2. The summed E-state index contributed by atoms with van der Waals surface area (Å²) in [7, 11) is 1.94. The second-order valence-electron chi connectivity index (χ2n) is 4.01. The Bertz CT molecular complexity index is 306. The highest BCUT2D eigenvalue weighted by Gasteiger charge is 2.25. The Balaban J connectivity index is 1.95. The first-order chi connectivity index (χ1) is 7.29. The van der Waals surface area contributed by atoms with Gasteiger partial charge in [-0.2, -0.15) is 16.9 Å². The van der Waals surface area contributed by atoms with E-state index in [2.05, 4.69) is 16.6 Å². The van der Waals surface area contributed by atoms with Crippen molar-refractivity contribution >= 4 is 11.8 Å². The average molecular weight is 226 g/mol. The van der Waals surface area contributed by atoms with Crippen molar-refractivity contribution in [1.82, 2.24) is 15.2 Å². The van der Waals surface area contributed by atoms with Gasteiger partial charge in [-0.15, -0.1) is 0 Å². The molecule has 0 spiro atoms. The van der Waals surface area contributed by atoms with Crippen molar-refractivity contribution in [3.05, 3.63) is 18.0 Å². The SMILES string of the molecule is Cn1ccc(CC(NN)C2CCCS2)n1. The van der Waals surface area contributed by atoms with Crippen LogP contribution >= 0.6 is 11.8 Å². The molecular formula is C10H18N4S. The summed E-state index contributed by atoms with van der Waals surface area (Å²) in [5, 5.41) is 5.03. The van der Waals surface area contributed by atoms with Crippen molar-refractivity contribution in [3.8, 4) is 0 Å². The smallest absolute Gasteiger partial charge is 0.0640 e. The summed E-state index contributed by atoms with van der Waals surface area (Å²) in [5.74, 6) is 6.88. The molecule has 2 unspecified atom stereocenters. The fourth-order valence-electron chi connectivity index (χ4n) is 2.01. The lowest BCUT2D eigenvalue weighted by atomic mass is 10.1. The van der Waals surface area contributed by atoms with Crippen LogP contribution < -0.4 is 11.3 Å². The van der Waals surface area contributed by atoms with Crippen LogP contribution in [0.2, 0.25) is 0 Å². The lowest BCUT2D eigenvalue weighted by Gasteiger charge is -2.20. The van der Waals surface area contributed by atoms with Crippen molar-refractivity contribution in [2.75, 3.05) is 5.75 Å². The second kappa shape index (κ2) is 5.01. The molecule has 0 bridgehead atoms. The van der Waals surface area contributed by atoms with Gasteiger partial charge in [0.1, 0.15) is 0 Å². The first kappa shape index (κ1) is 11.0. The Morgan fingerprint density at radius 2 is 2.67 bits per heavy atom. The second-order valence-corrected chi connectivity index (χ2v) is 5.36. The Morgan fingerprint density at radius 1 is 1.80 bits per heavy atom. The maximum Gasteiger partial charge on any atom is 0.0640 e. The van der Waals surface area contributed by atoms with Crippen LogP contribution in [0.15, 0.2) is 12.3 Å². The first-order valence-electron chi connectivity index (χ1n) is 5.36. The molecule has 0 saturated carbocycles. The summed E-state index contributed by atoms with van der Waals surface area (Å²) in [4.78, 5) is 0. The van der Waals surface area contributed by atoms with Crippen molar-refractivity contribution in [2.24, 2.45) is 12.9 Å². The summed E-state index contributed by atoms with van der Waals surface area (Å²) in [6, 6.07) is 2.41. The minimum absolute atomic E-state index is 0.354. The standard InChI is InChI=1S/C10H18N4S/c1-14-5-4-8(13-14)7-9(12-11)10-3-2-6-15-10/h4-5,9-10,12H,2-3,6-7,11H2,1H3. The maximum atomic E-state index is 5.61. The van der Waals surface area contributed by atoms with Gasteiger partial charge in [0.2, 0.25) is 0 Å². The molecule has 1 aromatic rings. The van der Waals surface area contributed by atoms with Gasteiger partial charge in [0.05, 0.1) is 5.69 Å². The first-order valence-corrected chi connectivity index (χ1v) is 6.40. The molecule has 84 valence electrons. The van der Waals surface area contributed by atoms with Gasteiger partial charge in [-0.05, 0) is 24.7 Å². The minimum atomic E-state index is 0.354. The molecule has 2 heterocycles. The van der Waals surface area contributed by atoms with Gasteiger partial charge in [0, 0.05) is 31.0 Å². The van der Waals surface area contributed by atoms with Gasteiger partial charge in [-0.1, -0.05) is 0 Å². The number of thioether (sulfide) groups is 1. The molecule has 2 rings (SSSR count). The molecule has 0 aliphatic carbocycles. The van der Waals surface area contributed by atoms with Crippen LogP contribution in [-0.2, 0) is 13.5 Å². The zero-order chi connectivity index (χ0) is 10.7. The largest absolute Gasteiger partial charge is 0.276 e. The Kier molecular flexibility index (Phi) is 3.66.